The predicted octanol–water partition coefficient (Wildman–Crippen LogP) is 2.14. The summed E-state index contributed by atoms with van der Waals surface area (Å²) < 4.78 is 26.5. The van der Waals surface area contributed by atoms with Crippen LogP contribution in [0.3, 0.4) is 0 Å². The van der Waals surface area contributed by atoms with Gasteiger partial charge in [-0.1, -0.05) is 0 Å². The van der Waals surface area contributed by atoms with Crippen molar-refractivity contribution in [3.8, 4) is 0 Å². The molecule has 0 saturated carbocycles. The molecule has 0 unspecified atom stereocenters. The SMILES string of the molecule is O=C(O)Cc1ccc2c(F)ccc(F)c2n1. The Balaban J connectivity index is 2.61. The molecule has 0 amide bonds. The second-order valence-corrected chi connectivity index (χ2v) is 3.30. The van der Waals surface area contributed by atoms with Gasteiger partial charge in [-0.25, -0.2) is 13.8 Å². The molecule has 1 aromatic heterocycles. The highest BCUT2D eigenvalue weighted by molar-refractivity contribution is 5.80. The van der Waals surface area contributed by atoms with Crippen molar-refractivity contribution in [3.05, 3.63) is 41.6 Å². The fraction of sp³-hybridized carbons (Fsp3) is 0.0909. The minimum Gasteiger partial charge on any atom is -0.481 e. The number of aliphatic carboxylic acids is 1. The van der Waals surface area contributed by atoms with Crippen LogP contribution < -0.4 is 0 Å². The van der Waals surface area contributed by atoms with Crippen molar-refractivity contribution in [2.24, 2.45) is 0 Å². The predicted molar refractivity (Wildman–Crippen MR) is 53.0 cm³/mol. The molecular formula is C11H7F2NO2. The number of carboxylic acids is 1. The molecule has 0 bridgehead atoms. The fourth-order valence-electron chi connectivity index (χ4n) is 1.44. The molecule has 0 radical (unpaired) electrons. The average molecular weight is 223 g/mol. The Morgan fingerprint density at radius 2 is 1.88 bits per heavy atom. The third kappa shape index (κ3) is 1.84. The van der Waals surface area contributed by atoms with Crippen molar-refractivity contribution < 1.29 is 18.7 Å². The van der Waals surface area contributed by atoms with Gasteiger partial charge in [0, 0.05) is 5.39 Å². The van der Waals surface area contributed by atoms with Gasteiger partial charge in [0.25, 0.3) is 0 Å². The van der Waals surface area contributed by atoms with E-state index in [9.17, 15) is 13.6 Å². The van der Waals surface area contributed by atoms with E-state index in [2.05, 4.69) is 4.98 Å². The smallest absolute Gasteiger partial charge is 0.309 e. The molecule has 2 rings (SSSR count). The summed E-state index contributed by atoms with van der Waals surface area (Å²) in [4.78, 5) is 14.2. The first kappa shape index (κ1) is 10.5. The number of halogens is 2. The summed E-state index contributed by atoms with van der Waals surface area (Å²) in [6, 6.07) is 4.68. The largest absolute Gasteiger partial charge is 0.481 e. The lowest BCUT2D eigenvalue weighted by atomic mass is 10.1. The molecule has 0 spiro atoms. The van der Waals surface area contributed by atoms with Gasteiger partial charge in [-0.3, -0.25) is 4.79 Å². The van der Waals surface area contributed by atoms with Crippen molar-refractivity contribution >= 4 is 16.9 Å². The number of pyridine rings is 1. The van der Waals surface area contributed by atoms with E-state index in [4.69, 9.17) is 5.11 Å². The van der Waals surface area contributed by atoms with Gasteiger partial charge in [-0.05, 0) is 24.3 Å². The Morgan fingerprint density at radius 1 is 1.19 bits per heavy atom. The average Bonchev–Trinajstić information content (AvgIpc) is 2.23. The number of fused-ring (bicyclic) bond motifs is 1. The van der Waals surface area contributed by atoms with Crippen molar-refractivity contribution in [3.63, 3.8) is 0 Å². The van der Waals surface area contributed by atoms with E-state index in [1.807, 2.05) is 0 Å². The lowest BCUT2D eigenvalue weighted by Gasteiger charge is -2.02. The minimum absolute atomic E-state index is 0.0501. The fourth-order valence-corrected chi connectivity index (χ4v) is 1.44. The number of carbonyl (C=O) groups is 1. The van der Waals surface area contributed by atoms with E-state index in [1.165, 1.54) is 12.1 Å². The number of benzene rings is 1. The molecular weight excluding hydrogens is 216 g/mol. The normalized spacial score (nSPS) is 10.6. The zero-order chi connectivity index (χ0) is 11.7. The van der Waals surface area contributed by atoms with Crippen molar-refractivity contribution in [2.45, 2.75) is 6.42 Å². The number of carboxylic acid groups (broad SMARTS) is 1. The monoisotopic (exact) mass is 223 g/mol. The van der Waals surface area contributed by atoms with Gasteiger partial charge in [-0.2, -0.15) is 0 Å². The highest BCUT2D eigenvalue weighted by Gasteiger charge is 2.09. The molecule has 2 aromatic rings. The Morgan fingerprint density at radius 3 is 2.56 bits per heavy atom. The van der Waals surface area contributed by atoms with Gasteiger partial charge in [0.05, 0.1) is 12.1 Å². The Bertz CT molecular complexity index is 569. The molecule has 16 heavy (non-hydrogen) atoms. The van der Waals surface area contributed by atoms with E-state index >= 15 is 0 Å². The third-order valence-corrected chi connectivity index (χ3v) is 2.14. The van der Waals surface area contributed by atoms with E-state index in [-0.39, 0.29) is 23.0 Å². The molecule has 1 aromatic carbocycles. The molecule has 1 heterocycles. The van der Waals surface area contributed by atoms with E-state index in [0.29, 0.717) is 0 Å². The Kier molecular flexibility index (Phi) is 2.52. The van der Waals surface area contributed by atoms with Crippen LogP contribution in [0.5, 0.6) is 0 Å². The summed E-state index contributed by atoms with van der Waals surface area (Å²) >= 11 is 0. The van der Waals surface area contributed by atoms with Gasteiger partial charge >= 0.3 is 5.97 Å². The summed E-state index contributed by atoms with van der Waals surface area (Å²) in [5, 5.41) is 8.61. The summed E-state index contributed by atoms with van der Waals surface area (Å²) in [6.45, 7) is 0. The number of aromatic nitrogens is 1. The van der Waals surface area contributed by atoms with Crippen LogP contribution in [0.2, 0.25) is 0 Å². The number of rotatable bonds is 2. The second-order valence-electron chi connectivity index (χ2n) is 3.30. The van der Waals surface area contributed by atoms with E-state index in [0.717, 1.165) is 12.1 Å². The van der Waals surface area contributed by atoms with Crippen molar-refractivity contribution in [1.82, 2.24) is 4.98 Å². The first-order chi connectivity index (χ1) is 7.58. The summed E-state index contributed by atoms with van der Waals surface area (Å²) in [6.07, 6.45) is -0.314. The van der Waals surface area contributed by atoms with Crippen LogP contribution in [-0.4, -0.2) is 16.1 Å². The molecule has 1 N–H and O–H groups in total. The van der Waals surface area contributed by atoms with Gasteiger partial charge in [0.2, 0.25) is 0 Å². The topological polar surface area (TPSA) is 50.2 Å². The number of hydrogen-bond donors (Lipinski definition) is 1. The highest BCUT2D eigenvalue weighted by Crippen LogP contribution is 2.19. The third-order valence-electron chi connectivity index (χ3n) is 2.14. The van der Waals surface area contributed by atoms with Gasteiger partial charge in [-0.15, -0.1) is 0 Å². The number of nitrogens with zero attached hydrogens (tertiary/aromatic N) is 1. The van der Waals surface area contributed by atoms with Crippen molar-refractivity contribution in [1.29, 1.82) is 0 Å². The van der Waals surface area contributed by atoms with Gasteiger partial charge in [0.1, 0.15) is 17.2 Å². The number of hydrogen-bond acceptors (Lipinski definition) is 2. The zero-order valence-corrected chi connectivity index (χ0v) is 8.08. The van der Waals surface area contributed by atoms with Crippen LogP contribution in [0.25, 0.3) is 10.9 Å². The molecule has 0 fully saturated rings. The van der Waals surface area contributed by atoms with Crippen LogP contribution >= 0.6 is 0 Å². The standard InChI is InChI=1S/C11H7F2NO2/c12-8-3-4-9(13)11-7(8)2-1-6(14-11)5-10(15)16/h1-4H,5H2,(H,15,16). The van der Waals surface area contributed by atoms with Crippen LogP contribution in [0.1, 0.15) is 5.69 Å². The molecule has 0 atom stereocenters. The summed E-state index contributed by atoms with van der Waals surface area (Å²) in [7, 11) is 0. The lowest BCUT2D eigenvalue weighted by molar-refractivity contribution is -0.136. The first-order valence-electron chi connectivity index (χ1n) is 4.53. The van der Waals surface area contributed by atoms with Crippen LogP contribution in [0.4, 0.5) is 8.78 Å². The zero-order valence-electron chi connectivity index (χ0n) is 8.08. The Hall–Kier alpha value is -2.04. The summed E-state index contributed by atoms with van der Waals surface area (Å²) in [5.41, 5.74) is 0.0586. The molecule has 0 aliphatic carbocycles. The maximum absolute atomic E-state index is 13.3. The van der Waals surface area contributed by atoms with E-state index in [1.54, 1.807) is 0 Å². The molecule has 0 saturated heterocycles. The van der Waals surface area contributed by atoms with Crippen molar-refractivity contribution in [2.75, 3.05) is 0 Å². The lowest BCUT2D eigenvalue weighted by Crippen LogP contribution is -2.03. The van der Waals surface area contributed by atoms with E-state index < -0.39 is 17.6 Å². The van der Waals surface area contributed by atoms with Crippen LogP contribution in [0, 0.1) is 11.6 Å². The molecule has 5 heteroatoms. The van der Waals surface area contributed by atoms with Crippen LogP contribution in [-0.2, 0) is 11.2 Å². The highest BCUT2D eigenvalue weighted by atomic mass is 19.1. The molecule has 82 valence electrons. The molecule has 0 aliphatic heterocycles. The maximum atomic E-state index is 13.3. The molecule has 3 nitrogen and oxygen atoms in total. The minimum atomic E-state index is -1.07. The quantitative estimate of drug-likeness (QED) is 0.848. The van der Waals surface area contributed by atoms with Gasteiger partial charge < -0.3 is 5.11 Å². The summed E-state index contributed by atoms with van der Waals surface area (Å²) in [5.74, 6) is -2.31. The maximum Gasteiger partial charge on any atom is 0.309 e. The van der Waals surface area contributed by atoms with Gasteiger partial charge in [0.15, 0.2) is 0 Å². The van der Waals surface area contributed by atoms with Crippen LogP contribution in [0.15, 0.2) is 24.3 Å². The molecule has 0 aliphatic rings. The first-order valence-corrected chi connectivity index (χ1v) is 4.53. The second kappa shape index (κ2) is 3.84. The Labute approximate surface area is 89.3 Å².